The molecular weight excluding hydrogens is 240 g/mol. The Morgan fingerprint density at radius 2 is 2.00 bits per heavy atom. The molecule has 0 saturated heterocycles. The number of rotatable bonds is 4. The van der Waals surface area contributed by atoms with Crippen LogP contribution in [0.1, 0.15) is 23.2 Å². The van der Waals surface area contributed by atoms with Crippen molar-refractivity contribution in [3.63, 3.8) is 0 Å². The molecule has 1 aliphatic carbocycles. The number of amides is 1. The number of hydrogen-bond donors (Lipinski definition) is 1. The Balaban J connectivity index is 1.70. The van der Waals surface area contributed by atoms with Gasteiger partial charge in [-0.15, -0.1) is 0 Å². The fourth-order valence-corrected chi connectivity index (χ4v) is 1.71. The van der Waals surface area contributed by atoms with Crippen molar-refractivity contribution in [3.05, 3.63) is 54.2 Å². The van der Waals surface area contributed by atoms with Gasteiger partial charge in [0.25, 0.3) is 5.91 Å². The largest absolute Gasteiger partial charge is 0.490 e. The van der Waals surface area contributed by atoms with Crippen LogP contribution >= 0.6 is 0 Å². The topological polar surface area (TPSA) is 51.2 Å². The first-order valence-corrected chi connectivity index (χ1v) is 6.30. The van der Waals surface area contributed by atoms with Crippen LogP contribution in [0, 0.1) is 0 Å². The molecule has 0 atom stereocenters. The van der Waals surface area contributed by atoms with E-state index in [0.29, 0.717) is 17.5 Å². The van der Waals surface area contributed by atoms with Gasteiger partial charge in [-0.2, -0.15) is 0 Å². The van der Waals surface area contributed by atoms with Crippen LogP contribution < -0.4 is 10.1 Å². The lowest BCUT2D eigenvalue weighted by Gasteiger charge is -2.07. The molecule has 4 heteroatoms. The molecule has 1 amide bonds. The average molecular weight is 254 g/mol. The minimum absolute atomic E-state index is 0.170. The van der Waals surface area contributed by atoms with Crippen molar-refractivity contribution in [1.82, 2.24) is 4.98 Å². The third-order valence-electron chi connectivity index (χ3n) is 2.84. The molecule has 1 aliphatic rings. The fourth-order valence-electron chi connectivity index (χ4n) is 1.71. The summed E-state index contributed by atoms with van der Waals surface area (Å²) in [5.74, 6) is 1.09. The number of pyridine rings is 1. The van der Waals surface area contributed by atoms with Crippen LogP contribution in [-0.4, -0.2) is 17.0 Å². The summed E-state index contributed by atoms with van der Waals surface area (Å²) in [6.07, 6.45) is 4.18. The van der Waals surface area contributed by atoms with Crippen LogP contribution in [0.25, 0.3) is 0 Å². The third-order valence-corrected chi connectivity index (χ3v) is 2.84. The Kier molecular flexibility index (Phi) is 3.14. The standard InChI is InChI=1S/C15H14N2O2/c18-15(11-4-2-1-3-5-11)17-14-10-13(8-9-16-14)19-12-6-7-12/h1-5,8-10,12H,6-7H2,(H,16,17,18). The number of benzene rings is 1. The molecule has 1 saturated carbocycles. The van der Waals surface area contributed by atoms with Gasteiger partial charge in [0, 0.05) is 17.8 Å². The van der Waals surface area contributed by atoms with E-state index in [1.807, 2.05) is 18.2 Å². The van der Waals surface area contributed by atoms with E-state index >= 15 is 0 Å². The molecule has 1 N–H and O–H groups in total. The highest BCUT2D eigenvalue weighted by molar-refractivity contribution is 6.03. The maximum absolute atomic E-state index is 12.0. The number of nitrogens with one attached hydrogen (secondary N) is 1. The van der Waals surface area contributed by atoms with Crippen molar-refractivity contribution >= 4 is 11.7 Å². The van der Waals surface area contributed by atoms with Gasteiger partial charge in [-0.05, 0) is 31.0 Å². The van der Waals surface area contributed by atoms with Gasteiger partial charge in [0.1, 0.15) is 11.6 Å². The van der Waals surface area contributed by atoms with Crippen molar-refractivity contribution in [1.29, 1.82) is 0 Å². The second-order valence-electron chi connectivity index (χ2n) is 4.51. The number of aromatic nitrogens is 1. The van der Waals surface area contributed by atoms with Crippen molar-refractivity contribution < 1.29 is 9.53 Å². The van der Waals surface area contributed by atoms with Crippen LogP contribution in [0.15, 0.2) is 48.7 Å². The summed E-state index contributed by atoms with van der Waals surface area (Å²) in [7, 11) is 0. The Morgan fingerprint density at radius 3 is 2.74 bits per heavy atom. The number of anilines is 1. The smallest absolute Gasteiger partial charge is 0.256 e. The van der Waals surface area contributed by atoms with Crippen LogP contribution in [0.5, 0.6) is 5.75 Å². The minimum Gasteiger partial charge on any atom is -0.490 e. The molecule has 96 valence electrons. The molecule has 0 aliphatic heterocycles. The number of carbonyl (C=O) groups excluding carboxylic acids is 1. The van der Waals surface area contributed by atoms with Gasteiger partial charge in [0.2, 0.25) is 0 Å². The third kappa shape index (κ3) is 3.10. The highest BCUT2D eigenvalue weighted by Gasteiger charge is 2.23. The molecule has 0 unspecified atom stereocenters. The fraction of sp³-hybridized carbons (Fsp3) is 0.200. The molecule has 1 aromatic heterocycles. The van der Waals surface area contributed by atoms with Crippen molar-refractivity contribution in [2.24, 2.45) is 0 Å². The first-order chi connectivity index (χ1) is 9.31. The lowest BCUT2D eigenvalue weighted by atomic mass is 10.2. The quantitative estimate of drug-likeness (QED) is 0.912. The minimum atomic E-state index is -0.170. The summed E-state index contributed by atoms with van der Waals surface area (Å²) in [5, 5.41) is 2.76. The molecular formula is C15H14N2O2. The zero-order valence-electron chi connectivity index (χ0n) is 10.4. The monoisotopic (exact) mass is 254 g/mol. The Hall–Kier alpha value is -2.36. The molecule has 4 nitrogen and oxygen atoms in total. The number of hydrogen-bond acceptors (Lipinski definition) is 3. The van der Waals surface area contributed by atoms with Crippen molar-refractivity contribution in [3.8, 4) is 5.75 Å². The average Bonchev–Trinajstić information content (AvgIpc) is 3.24. The summed E-state index contributed by atoms with van der Waals surface area (Å²) in [6.45, 7) is 0. The van der Waals surface area contributed by atoms with E-state index in [0.717, 1.165) is 18.6 Å². The van der Waals surface area contributed by atoms with E-state index in [9.17, 15) is 4.79 Å². The predicted molar refractivity (Wildman–Crippen MR) is 72.3 cm³/mol. The summed E-state index contributed by atoms with van der Waals surface area (Å²) >= 11 is 0. The van der Waals surface area contributed by atoms with E-state index in [1.165, 1.54) is 0 Å². The van der Waals surface area contributed by atoms with Gasteiger partial charge in [0.05, 0.1) is 6.10 Å². The SMILES string of the molecule is O=C(Nc1cc(OC2CC2)ccn1)c1ccccc1. The van der Waals surface area contributed by atoms with Crippen LogP contribution in [0.2, 0.25) is 0 Å². The zero-order chi connectivity index (χ0) is 13.1. The predicted octanol–water partition coefficient (Wildman–Crippen LogP) is 2.88. The normalized spacial score (nSPS) is 13.9. The number of carbonyl (C=O) groups is 1. The molecule has 19 heavy (non-hydrogen) atoms. The highest BCUT2D eigenvalue weighted by atomic mass is 16.5. The van der Waals surface area contributed by atoms with E-state index in [4.69, 9.17) is 4.74 Å². The van der Waals surface area contributed by atoms with Gasteiger partial charge < -0.3 is 10.1 Å². The first-order valence-electron chi connectivity index (χ1n) is 6.30. The van der Waals surface area contributed by atoms with Crippen LogP contribution in [0.4, 0.5) is 5.82 Å². The van der Waals surface area contributed by atoms with Gasteiger partial charge in [0.15, 0.2) is 0 Å². The number of ether oxygens (including phenoxy) is 1. The molecule has 1 heterocycles. The summed E-state index contributed by atoms with van der Waals surface area (Å²) in [4.78, 5) is 16.1. The lowest BCUT2D eigenvalue weighted by Crippen LogP contribution is -2.12. The van der Waals surface area contributed by atoms with Gasteiger partial charge in [-0.1, -0.05) is 18.2 Å². The summed E-state index contributed by atoms with van der Waals surface area (Å²) in [5.41, 5.74) is 0.609. The maximum Gasteiger partial charge on any atom is 0.256 e. The molecule has 3 rings (SSSR count). The lowest BCUT2D eigenvalue weighted by molar-refractivity contribution is 0.102. The van der Waals surface area contributed by atoms with Gasteiger partial charge >= 0.3 is 0 Å². The molecule has 2 aromatic rings. The van der Waals surface area contributed by atoms with E-state index < -0.39 is 0 Å². The van der Waals surface area contributed by atoms with Crippen LogP contribution in [-0.2, 0) is 0 Å². The Morgan fingerprint density at radius 1 is 1.21 bits per heavy atom. The highest BCUT2D eigenvalue weighted by Crippen LogP contribution is 2.27. The van der Waals surface area contributed by atoms with E-state index in [1.54, 1.807) is 30.5 Å². The van der Waals surface area contributed by atoms with Gasteiger partial charge in [-0.25, -0.2) is 4.98 Å². The maximum atomic E-state index is 12.0. The van der Waals surface area contributed by atoms with E-state index in [-0.39, 0.29) is 5.91 Å². The van der Waals surface area contributed by atoms with Crippen LogP contribution in [0.3, 0.4) is 0 Å². The Labute approximate surface area is 111 Å². The second kappa shape index (κ2) is 5.10. The molecule has 0 bridgehead atoms. The molecule has 0 spiro atoms. The summed E-state index contributed by atoms with van der Waals surface area (Å²) in [6, 6.07) is 12.6. The summed E-state index contributed by atoms with van der Waals surface area (Å²) < 4.78 is 5.66. The zero-order valence-corrected chi connectivity index (χ0v) is 10.4. The Bertz CT molecular complexity index is 580. The van der Waals surface area contributed by atoms with Crippen molar-refractivity contribution in [2.45, 2.75) is 18.9 Å². The molecule has 1 aromatic carbocycles. The van der Waals surface area contributed by atoms with Gasteiger partial charge in [-0.3, -0.25) is 4.79 Å². The van der Waals surface area contributed by atoms with E-state index in [2.05, 4.69) is 10.3 Å². The second-order valence-corrected chi connectivity index (χ2v) is 4.51. The van der Waals surface area contributed by atoms with Crippen molar-refractivity contribution in [2.75, 3.05) is 5.32 Å². The molecule has 0 radical (unpaired) electrons. The molecule has 1 fully saturated rings. The first kappa shape index (κ1) is 11.7. The number of nitrogens with zero attached hydrogens (tertiary/aromatic N) is 1.